The maximum atomic E-state index is 9.44. The Morgan fingerprint density at radius 2 is 2.08 bits per heavy atom. The number of phenols is 1. The molecule has 0 saturated carbocycles. The number of aromatic hydroxyl groups is 1. The fourth-order valence-corrected chi connectivity index (χ4v) is 1.33. The van der Waals surface area contributed by atoms with E-state index >= 15 is 0 Å². The van der Waals surface area contributed by atoms with Gasteiger partial charge in [0.2, 0.25) is 0 Å². The van der Waals surface area contributed by atoms with Crippen molar-refractivity contribution in [3.8, 4) is 5.75 Å². The molecule has 3 nitrogen and oxygen atoms in total. The van der Waals surface area contributed by atoms with Gasteiger partial charge in [0.05, 0.1) is 5.52 Å². The highest BCUT2D eigenvalue weighted by molar-refractivity contribution is 5.84. The number of phenolic OH excluding ortho intramolecular Hbond substituents is 1. The zero-order chi connectivity index (χ0) is 8.72. The predicted molar refractivity (Wildman–Crippen MR) is 47.2 cm³/mol. The number of H-pyrrole nitrogens is 1. The SMILES string of the molecule is Cc1nc2c(C)ccc(O)c2[nH]1. The molecular formula is C9H10N2O. The Bertz CT molecular complexity index is 392. The van der Waals surface area contributed by atoms with Crippen LogP contribution in [0.3, 0.4) is 0 Å². The van der Waals surface area contributed by atoms with Gasteiger partial charge in [-0.15, -0.1) is 0 Å². The second-order valence-electron chi connectivity index (χ2n) is 2.95. The number of hydrogen-bond acceptors (Lipinski definition) is 2. The molecule has 0 fully saturated rings. The van der Waals surface area contributed by atoms with E-state index in [2.05, 4.69) is 9.97 Å². The molecule has 0 aliphatic rings. The van der Waals surface area contributed by atoms with Crippen LogP contribution in [0.15, 0.2) is 12.1 Å². The average Bonchev–Trinajstić information content (AvgIpc) is 2.41. The van der Waals surface area contributed by atoms with Gasteiger partial charge in [-0.1, -0.05) is 6.07 Å². The Labute approximate surface area is 70.1 Å². The van der Waals surface area contributed by atoms with Gasteiger partial charge in [0.1, 0.15) is 17.1 Å². The summed E-state index contributed by atoms with van der Waals surface area (Å²) >= 11 is 0. The third-order valence-corrected chi connectivity index (χ3v) is 1.94. The van der Waals surface area contributed by atoms with E-state index in [1.165, 1.54) is 0 Å². The molecule has 0 radical (unpaired) electrons. The summed E-state index contributed by atoms with van der Waals surface area (Å²) in [5, 5.41) is 9.44. The molecule has 2 aromatic rings. The van der Waals surface area contributed by atoms with Crippen molar-refractivity contribution >= 4 is 11.0 Å². The average molecular weight is 162 g/mol. The van der Waals surface area contributed by atoms with Gasteiger partial charge in [0.15, 0.2) is 0 Å². The molecule has 0 bridgehead atoms. The van der Waals surface area contributed by atoms with E-state index in [0.29, 0.717) is 0 Å². The largest absolute Gasteiger partial charge is 0.506 e. The van der Waals surface area contributed by atoms with Gasteiger partial charge < -0.3 is 10.1 Å². The molecule has 0 amide bonds. The third-order valence-electron chi connectivity index (χ3n) is 1.94. The first kappa shape index (κ1) is 7.16. The van der Waals surface area contributed by atoms with E-state index in [-0.39, 0.29) is 5.75 Å². The van der Waals surface area contributed by atoms with Crippen molar-refractivity contribution in [3.63, 3.8) is 0 Å². The Balaban J connectivity index is 2.93. The van der Waals surface area contributed by atoms with Crippen LogP contribution in [0, 0.1) is 13.8 Å². The fraction of sp³-hybridized carbons (Fsp3) is 0.222. The summed E-state index contributed by atoms with van der Waals surface area (Å²) in [6, 6.07) is 3.53. The number of aromatic amines is 1. The van der Waals surface area contributed by atoms with E-state index in [4.69, 9.17) is 0 Å². The number of fused-ring (bicyclic) bond motifs is 1. The van der Waals surface area contributed by atoms with Crippen LogP contribution in [0.25, 0.3) is 11.0 Å². The number of rotatable bonds is 0. The second kappa shape index (κ2) is 2.24. The van der Waals surface area contributed by atoms with Crippen molar-refractivity contribution in [3.05, 3.63) is 23.5 Å². The molecular weight excluding hydrogens is 152 g/mol. The Kier molecular flexibility index (Phi) is 1.33. The number of nitrogens with zero attached hydrogens (tertiary/aromatic N) is 1. The van der Waals surface area contributed by atoms with Gasteiger partial charge in [0, 0.05) is 0 Å². The molecule has 1 aromatic carbocycles. The molecule has 2 N–H and O–H groups in total. The number of benzene rings is 1. The maximum absolute atomic E-state index is 9.44. The summed E-state index contributed by atoms with van der Waals surface area (Å²) in [6.07, 6.45) is 0. The van der Waals surface area contributed by atoms with Crippen LogP contribution in [-0.2, 0) is 0 Å². The molecule has 1 aromatic heterocycles. The van der Waals surface area contributed by atoms with E-state index in [0.717, 1.165) is 22.4 Å². The van der Waals surface area contributed by atoms with Crippen molar-refractivity contribution < 1.29 is 5.11 Å². The van der Waals surface area contributed by atoms with Crippen LogP contribution in [0.2, 0.25) is 0 Å². The van der Waals surface area contributed by atoms with Crippen molar-refractivity contribution in [1.82, 2.24) is 9.97 Å². The van der Waals surface area contributed by atoms with Crippen molar-refractivity contribution in [2.45, 2.75) is 13.8 Å². The molecule has 2 rings (SSSR count). The number of aromatic nitrogens is 2. The van der Waals surface area contributed by atoms with Crippen LogP contribution >= 0.6 is 0 Å². The summed E-state index contributed by atoms with van der Waals surface area (Å²) in [4.78, 5) is 7.26. The highest BCUT2D eigenvalue weighted by Gasteiger charge is 2.05. The minimum absolute atomic E-state index is 0.260. The summed E-state index contributed by atoms with van der Waals surface area (Å²) < 4.78 is 0. The second-order valence-corrected chi connectivity index (χ2v) is 2.95. The Morgan fingerprint density at radius 1 is 1.33 bits per heavy atom. The smallest absolute Gasteiger partial charge is 0.141 e. The van der Waals surface area contributed by atoms with Gasteiger partial charge in [-0.2, -0.15) is 0 Å². The van der Waals surface area contributed by atoms with Crippen molar-refractivity contribution in [1.29, 1.82) is 0 Å². The molecule has 0 atom stereocenters. The normalized spacial score (nSPS) is 10.8. The highest BCUT2D eigenvalue weighted by Crippen LogP contribution is 2.24. The summed E-state index contributed by atoms with van der Waals surface area (Å²) in [7, 11) is 0. The standard InChI is InChI=1S/C9H10N2O/c1-5-3-4-7(12)9-8(5)10-6(2)11-9/h3-4,12H,1-2H3,(H,10,11). The number of hydrogen-bond donors (Lipinski definition) is 2. The molecule has 1 heterocycles. The molecule has 0 aliphatic heterocycles. The quantitative estimate of drug-likeness (QED) is 0.621. The van der Waals surface area contributed by atoms with E-state index in [1.807, 2.05) is 19.9 Å². The first-order valence-electron chi connectivity index (χ1n) is 3.83. The van der Waals surface area contributed by atoms with Gasteiger partial charge in [-0.25, -0.2) is 4.98 Å². The molecule has 12 heavy (non-hydrogen) atoms. The number of imidazole rings is 1. The van der Waals surface area contributed by atoms with Crippen molar-refractivity contribution in [2.75, 3.05) is 0 Å². The van der Waals surface area contributed by atoms with Gasteiger partial charge in [-0.05, 0) is 25.5 Å². The monoisotopic (exact) mass is 162 g/mol. The lowest BCUT2D eigenvalue weighted by molar-refractivity contribution is 0.480. The minimum Gasteiger partial charge on any atom is -0.506 e. The molecule has 3 heteroatoms. The maximum Gasteiger partial charge on any atom is 0.141 e. The summed E-state index contributed by atoms with van der Waals surface area (Å²) in [6.45, 7) is 3.85. The first-order chi connectivity index (χ1) is 5.68. The highest BCUT2D eigenvalue weighted by atomic mass is 16.3. The third kappa shape index (κ3) is 0.863. The topological polar surface area (TPSA) is 48.9 Å². The lowest BCUT2D eigenvalue weighted by Crippen LogP contribution is -1.76. The molecule has 62 valence electrons. The number of aryl methyl sites for hydroxylation is 2. The lowest BCUT2D eigenvalue weighted by atomic mass is 10.2. The fourth-order valence-electron chi connectivity index (χ4n) is 1.33. The number of nitrogens with one attached hydrogen (secondary N) is 1. The predicted octanol–water partition coefficient (Wildman–Crippen LogP) is 1.89. The van der Waals surface area contributed by atoms with Gasteiger partial charge in [-0.3, -0.25) is 0 Å². The van der Waals surface area contributed by atoms with E-state index in [9.17, 15) is 5.11 Å². The van der Waals surface area contributed by atoms with Crippen LogP contribution < -0.4 is 0 Å². The molecule has 0 saturated heterocycles. The Morgan fingerprint density at radius 3 is 2.75 bits per heavy atom. The zero-order valence-corrected chi connectivity index (χ0v) is 7.05. The van der Waals surface area contributed by atoms with Crippen LogP contribution in [0.4, 0.5) is 0 Å². The first-order valence-corrected chi connectivity index (χ1v) is 3.83. The van der Waals surface area contributed by atoms with E-state index in [1.54, 1.807) is 6.07 Å². The van der Waals surface area contributed by atoms with Crippen molar-refractivity contribution in [2.24, 2.45) is 0 Å². The minimum atomic E-state index is 0.260. The molecule has 0 aliphatic carbocycles. The van der Waals surface area contributed by atoms with E-state index < -0.39 is 0 Å². The molecule has 0 unspecified atom stereocenters. The van der Waals surface area contributed by atoms with Gasteiger partial charge in [0.25, 0.3) is 0 Å². The zero-order valence-electron chi connectivity index (χ0n) is 7.05. The summed E-state index contributed by atoms with van der Waals surface area (Å²) in [5.41, 5.74) is 2.66. The Hall–Kier alpha value is -1.51. The van der Waals surface area contributed by atoms with Gasteiger partial charge >= 0.3 is 0 Å². The van der Waals surface area contributed by atoms with Crippen LogP contribution in [-0.4, -0.2) is 15.1 Å². The summed E-state index contributed by atoms with van der Waals surface area (Å²) in [5.74, 6) is 1.09. The molecule has 0 spiro atoms. The van der Waals surface area contributed by atoms with Crippen LogP contribution in [0.5, 0.6) is 5.75 Å². The lowest BCUT2D eigenvalue weighted by Gasteiger charge is -1.95. The van der Waals surface area contributed by atoms with Crippen LogP contribution in [0.1, 0.15) is 11.4 Å².